The lowest BCUT2D eigenvalue weighted by Gasteiger charge is -2.34. The van der Waals surface area contributed by atoms with Crippen LogP contribution in [0.3, 0.4) is 0 Å². The van der Waals surface area contributed by atoms with Gasteiger partial charge in [0.2, 0.25) is 0 Å². The first kappa shape index (κ1) is 12.0. The van der Waals surface area contributed by atoms with Gasteiger partial charge in [0.05, 0.1) is 0 Å². The molecule has 2 atom stereocenters. The zero-order valence-electron chi connectivity index (χ0n) is 11.3. The fraction of sp³-hybridized carbons (Fsp3) is 0.625. The molecule has 0 amide bonds. The van der Waals surface area contributed by atoms with Crippen LogP contribution >= 0.6 is 0 Å². The van der Waals surface area contributed by atoms with E-state index in [9.17, 15) is 0 Å². The molecule has 1 aromatic carbocycles. The molecule has 98 valence electrons. The fourth-order valence-electron chi connectivity index (χ4n) is 3.79. The summed E-state index contributed by atoms with van der Waals surface area (Å²) in [5, 5.41) is 0. The maximum Gasteiger partial charge on any atom is 0.0404 e. The van der Waals surface area contributed by atoms with Crippen LogP contribution in [-0.4, -0.2) is 18.1 Å². The highest BCUT2D eigenvalue weighted by Gasteiger charge is 2.35. The maximum atomic E-state index is 6.04. The van der Waals surface area contributed by atoms with E-state index in [4.69, 9.17) is 5.73 Å². The molecule has 0 saturated heterocycles. The molecule has 3 rings (SSSR count). The molecule has 2 aliphatic rings. The van der Waals surface area contributed by atoms with Crippen molar-refractivity contribution in [3.63, 3.8) is 0 Å². The van der Waals surface area contributed by atoms with E-state index in [2.05, 4.69) is 36.1 Å². The molecular weight excluding hydrogens is 220 g/mol. The number of nitrogens with two attached hydrogens (primary N) is 1. The second-order valence-electron chi connectivity index (χ2n) is 6.05. The van der Waals surface area contributed by atoms with Crippen LogP contribution in [-0.2, 0) is 6.42 Å². The van der Waals surface area contributed by atoms with Crippen molar-refractivity contribution >= 4 is 5.69 Å². The van der Waals surface area contributed by atoms with Crippen LogP contribution in [0.25, 0.3) is 0 Å². The number of anilines is 1. The van der Waals surface area contributed by atoms with Gasteiger partial charge in [0.15, 0.2) is 0 Å². The van der Waals surface area contributed by atoms with Crippen LogP contribution < -0.4 is 10.6 Å². The lowest BCUT2D eigenvalue weighted by Crippen LogP contribution is -2.42. The zero-order chi connectivity index (χ0) is 12.5. The fourth-order valence-corrected chi connectivity index (χ4v) is 3.79. The average molecular weight is 244 g/mol. The Balaban J connectivity index is 1.88. The Hall–Kier alpha value is -1.02. The number of fused-ring (bicyclic) bond motifs is 1. The van der Waals surface area contributed by atoms with Crippen LogP contribution in [0.5, 0.6) is 0 Å². The summed E-state index contributed by atoms with van der Waals surface area (Å²) < 4.78 is 0. The minimum absolute atomic E-state index is 0.299. The quantitative estimate of drug-likeness (QED) is 0.885. The van der Waals surface area contributed by atoms with Crippen LogP contribution in [0.1, 0.15) is 44.6 Å². The van der Waals surface area contributed by atoms with Crippen molar-refractivity contribution in [3.05, 3.63) is 29.8 Å². The van der Waals surface area contributed by atoms with Gasteiger partial charge in [-0.25, -0.2) is 0 Å². The van der Waals surface area contributed by atoms with E-state index >= 15 is 0 Å². The molecule has 0 spiro atoms. The van der Waals surface area contributed by atoms with E-state index in [-0.39, 0.29) is 0 Å². The van der Waals surface area contributed by atoms with Crippen molar-refractivity contribution in [2.75, 3.05) is 4.90 Å². The molecule has 2 unspecified atom stereocenters. The van der Waals surface area contributed by atoms with Crippen LogP contribution in [0, 0.1) is 0 Å². The normalized spacial score (nSPS) is 25.4. The number of hydrogen-bond acceptors (Lipinski definition) is 2. The summed E-state index contributed by atoms with van der Waals surface area (Å²) in [6, 6.07) is 10.6. The molecule has 2 N–H and O–H groups in total. The summed E-state index contributed by atoms with van der Waals surface area (Å²) >= 11 is 0. The number of benzene rings is 1. The van der Waals surface area contributed by atoms with Crippen molar-refractivity contribution in [2.45, 2.75) is 63.6 Å². The number of nitrogens with zero attached hydrogens (tertiary/aromatic N) is 1. The third kappa shape index (κ3) is 2.14. The molecule has 1 heterocycles. The van der Waals surface area contributed by atoms with Gasteiger partial charge in [0.1, 0.15) is 0 Å². The molecular formula is C16H24N2. The van der Waals surface area contributed by atoms with Gasteiger partial charge >= 0.3 is 0 Å². The smallest absolute Gasteiger partial charge is 0.0404 e. The molecule has 0 radical (unpaired) electrons. The van der Waals surface area contributed by atoms with Crippen molar-refractivity contribution in [1.29, 1.82) is 0 Å². The Morgan fingerprint density at radius 1 is 1.28 bits per heavy atom. The predicted octanol–water partition coefficient (Wildman–Crippen LogP) is 3.10. The predicted molar refractivity (Wildman–Crippen MR) is 76.9 cm³/mol. The van der Waals surface area contributed by atoms with Gasteiger partial charge in [-0.1, -0.05) is 31.0 Å². The van der Waals surface area contributed by atoms with Gasteiger partial charge in [-0.3, -0.25) is 0 Å². The van der Waals surface area contributed by atoms with Gasteiger partial charge in [0.25, 0.3) is 0 Å². The Bertz CT molecular complexity index is 407. The summed E-state index contributed by atoms with van der Waals surface area (Å²) in [7, 11) is 0. The topological polar surface area (TPSA) is 29.3 Å². The van der Waals surface area contributed by atoms with Crippen LogP contribution in [0.15, 0.2) is 24.3 Å². The average Bonchev–Trinajstić information content (AvgIpc) is 2.93. The van der Waals surface area contributed by atoms with E-state index in [0.717, 1.165) is 12.5 Å². The van der Waals surface area contributed by atoms with Crippen molar-refractivity contribution in [2.24, 2.45) is 5.73 Å². The standard InChI is InChI=1S/C16H24N2/c1-12(17)10-15-11-13-6-2-5-9-16(13)18(15)14-7-3-4-8-14/h2,5-6,9,12,14-15H,3-4,7-8,10-11,17H2,1H3. The molecule has 1 aliphatic carbocycles. The summed E-state index contributed by atoms with van der Waals surface area (Å²) in [5.74, 6) is 0. The third-order valence-corrected chi connectivity index (χ3v) is 4.48. The lowest BCUT2D eigenvalue weighted by atomic mass is 10.0. The molecule has 1 aliphatic heterocycles. The van der Waals surface area contributed by atoms with Crippen molar-refractivity contribution in [3.8, 4) is 0 Å². The number of hydrogen-bond donors (Lipinski definition) is 1. The van der Waals surface area contributed by atoms with Gasteiger partial charge in [-0.15, -0.1) is 0 Å². The first-order valence-electron chi connectivity index (χ1n) is 7.37. The Kier molecular flexibility index (Phi) is 3.29. The molecule has 1 saturated carbocycles. The summed E-state index contributed by atoms with van der Waals surface area (Å²) in [6.45, 7) is 2.13. The lowest BCUT2D eigenvalue weighted by molar-refractivity contribution is 0.474. The maximum absolute atomic E-state index is 6.04. The summed E-state index contributed by atoms with van der Waals surface area (Å²) in [4.78, 5) is 2.70. The highest BCUT2D eigenvalue weighted by molar-refractivity contribution is 5.60. The van der Waals surface area contributed by atoms with Gasteiger partial charge in [0, 0.05) is 23.8 Å². The second-order valence-corrected chi connectivity index (χ2v) is 6.05. The van der Waals surface area contributed by atoms with Gasteiger partial charge in [-0.05, 0) is 44.2 Å². The molecule has 18 heavy (non-hydrogen) atoms. The van der Waals surface area contributed by atoms with Crippen LogP contribution in [0.2, 0.25) is 0 Å². The molecule has 1 aromatic rings. The second kappa shape index (κ2) is 4.93. The highest BCUT2D eigenvalue weighted by Crippen LogP contribution is 2.39. The molecule has 0 bridgehead atoms. The number of para-hydroxylation sites is 1. The Morgan fingerprint density at radius 3 is 2.72 bits per heavy atom. The van der Waals surface area contributed by atoms with E-state index in [0.29, 0.717) is 12.1 Å². The number of rotatable bonds is 3. The SMILES string of the molecule is CC(N)CC1Cc2ccccc2N1C1CCCC1. The highest BCUT2D eigenvalue weighted by atomic mass is 15.2. The van der Waals surface area contributed by atoms with Crippen LogP contribution in [0.4, 0.5) is 5.69 Å². The first-order valence-corrected chi connectivity index (χ1v) is 7.37. The van der Waals surface area contributed by atoms with Crippen molar-refractivity contribution < 1.29 is 0 Å². The van der Waals surface area contributed by atoms with E-state index in [1.54, 1.807) is 0 Å². The monoisotopic (exact) mass is 244 g/mol. The largest absolute Gasteiger partial charge is 0.365 e. The zero-order valence-corrected chi connectivity index (χ0v) is 11.3. The first-order chi connectivity index (χ1) is 8.75. The van der Waals surface area contributed by atoms with Gasteiger partial charge in [-0.2, -0.15) is 0 Å². The Labute approximate surface area is 110 Å². The minimum atomic E-state index is 0.299. The van der Waals surface area contributed by atoms with Gasteiger partial charge < -0.3 is 10.6 Å². The summed E-state index contributed by atoms with van der Waals surface area (Å²) in [5.41, 5.74) is 9.05. The summed E-state index contributed by atoms with van der Waals surface area (Å²) in [6.07, 6.45) is 7.83. The van der Waals surface area contributed by atoms with E-state index in [1.165, 1.54) is 43.4 Å². The third-order valence-electron chi connectivity index (χ3n) is 4.48. The molecule has 2 heteroatoms. The van der Waals surface area contributed by atoms with E-state index < -0.39 is 0 Å². The van der Waals surface area contributed by atoms with E-state index in [1.807, 2.05) is 0 Å². The molecule has 2 nitrogen and oxygen atoms in total. The minimum Gasteiger partial charge on any atom is -0.365 e. The molecule has 0 aromatic heterocycles. The Morgan fingerprint density at radius 2 is 2.00 bits per heavy atom. The molecule has 1 fully saturated rings. The van der Waals surface area contributed by atoms with Crippen molar-refractivity contribution in [1.82, 2.24) is 0 Å².